The summed E-state index contributed by atoms with van der Waals surface area (Å²) in [4.78, 5) is 23.2. The highest BCUT2D eigenvalue weighted by atomic mass is 16.5. The summed E-state index contributed by atoms with van der Waals surface area (Å²) < 4.78 is 5.01. The molecule has 0 aromatic heterocycles. The molecule has 8 heteroatoms. The standard InChI is InChI=1S/C16H14O8/c1-6-3-8(5-9(17)11(6)15(21)22)24-16(23)12-7(2)4-10(18)13(19)14(12)20/h3-5,17-20H,1-2H3,(H,21,22). The molecule has 0 radical (unpaired) electrons. The average Bonchev–Trinajstić information content (AvgIpc) is 2.43. The molecule has 0 saturated heterocycles. The number of carboxylic acid groups (broad SMARTS) is 1. The molecule has 0 saturated carbocycles. The van der Waals surface area contributed by atoms with Gasteiger partial charge < -0.3 is 30.3 Å². The third-order valence-electron chi connectivity index (χ3n) is 3.37. The third-order valence-corrected chi connectivity index (χ3v) is 3.37. The summed E-state index contributed by atoms with van der Waals surface area (Å²) in [6.07, 6.45) is 0. The van der Waals surface area contributed by atoms with Crippen molar-refractivity contribution in [2.75, 3.05) is 0 Å². The van der Waals surface area contributed by atoms with E-state index in [1.165, 1.54) is 19.9 Å². The second kappa shape index (κ2) is 5.99. The van der Waals surface area contributed by atoms with Gasteiger partial charge in [-0.15, -0.1) is 0 Å². The quantitative estimate of drug-likeness (QED) is 0.326. The largest absolute Gasteiger partial charge is 0.507 e. The number of carbonyl (C=O) groups is 2. The van der Waals surface area contributed by atoms with Crippen molar-refractivity contribution in [3.8, 4) is 28.7 Å². The van der Waals surface area contributed by atoms with Crippen LogP contribution in [-0.2, 0) is 0 Å². The van der Waals surface area contributed by atoms with E-state index in [1.807, 2.05) is 0 Å². The van der Waals surface area contributed by atoms with Crippen LogP contribution in [0.5, 0.6) is 28.7 Å². The number of carboxylic acids is 1. The molecule has 0 atom stereocenters. The predicted molar refractivity (Wildman–Crippen MR) is 80.9 cm³/mol. The number of aromatic carboxylic acids is 1. The SMILES string of the molecule is Cc1cc(OC(=O)c2c(C)cc(O)c(O)c2O)cc(O)c1C(=O)O. The summed E-state index contributed by atoms with van der Waals surface area (Å²) in [6, 6.07) is 3.25. The molecular weight excluding hydrogens is 320 g/mol. The number of rotatable bonds is 3. The molecule has 0 spiro atoms. The summed E-state index contributed by atoms with van der Waals surface area (Å²) in [7, 11) is 0. The van der Waals surface area contributed by atoms with Crippen LogP contribution in [0.1, 0.15) is 31.8 Å². The molecule has 126 valence electrons. The molecular formula is C16H14O8. The molecule has 5 N–H and O–H groups in total. The number of phenolic OH excluding ortho intramolecular Hbond substituents is 3. The highest BCUT2D eigenvalue weighted by Gasteiger charge is 2.23. The first-order valence-electron chi connectivity index (χ1n) is 6.67. The van der Waals surface area contributed by atoms with E-state index >= 15 is 0 Å². The fourth-order valence-corrected chi connectivity index (χ4v) is 2.26. The lowest BCUT2D eigenvalue weighted by molar-refractivity contribution is 0.0692. The number of phenols is 4. The number of ether oxygens (including phenoxy) is 1. The zero-order valence-corrected chi connectivity index (χ0v) is 12.7. The van der Waals surface area contributed by atoms with Gasteiger partial charge in [0.1, 0.15) is 22.6 Å². The summed E-state index contributed by atoms with van der Waals surface area (Å²) in [5.74, 6) is -5.43. The number of benzene rings is 2. The maximum atomic E-state index is 12.2. The van der Waals surface area contributed by atoms with Crippen LogP contribution in [0.15, 0.2) is 18.2 Å². The van der Waals surface area contributed by atoms with Crippen LogP contribution in [0.25, 0.3) is 0 Å². The van der Waals surface area contributed by atoms with Gasteiger partial charge in [-0.25, -0.2) is 9.59 Å². The molecule has 0 aliphatic rings. The van der Waals surface area contributed by atoms with E-state index in [9.17, 15) is 30.0 Å². The van der Waals surface area contributed by atoms with Gasteiger partial charge in [-0.05, 0) is 37.1 Å². The first-order chi connectivity index (χ1) is 11.1. The van der Waals surface area contributed by atoms with E-state index in [0.717, 1.165) is 12.1 Å². The van der Waals surface area contributed by atoms with Crippen molar-refractivity contribution < 1.29 is 39.9 Å². The molecule has 2 aromatic rings. The van der Waals surface area contributed by atoms with E-state index in [1.54, 1.807) is 0 Å². The third kappa shape index (κ3) is 2.89. The Bertz CT molecular complexity index is 831. The molecule has 0 heterocycles. The molecule has 0 aliphatic heterocycles. The van der Waals surface area contributed by atoms with E-state index in [2.05, 4.69) is 0 Å². The molecule has 0 unspecified atom stereocenters. The number of carbonyl (C=O) groups excluding carboxylic acids is 1. The van der Waals surface area contributed by atoms with Crippen LogP contribution >= 0.6 is 0 Å². The summed E-state index contributed by atoms with van der Waals surface area (Å²) in [5, 5.41) is 47.4. The minimum Gasteiger partial charge on any atom is -0.507 e. The van der Waals surface area contributed by atoms with Crippen molar-refractivity contribution in [3.63, 3.8) is 0 Å². The zero-order chi connectivity index (χ0) is 18.2. The lowest BCUT2D eigenvalue weighted by Gasteiger charge is -2.12. The number of hydrogen-bond donors (Lipinski definition) is 5. The molecule has 24 heavy (non-hydrogen) atoms. The van der Waals surface area contributed by atoms with Crippen LogP contribution in [0.2, 0.25) is 0 Å². The molecule has 0 bridgehead atoms. The smallest absolute Gasteiger partial charge is 0.347 e. The van der Waals surface area contributed by atoms with Gasteiger partial charge in [-0.2, -0.15) is 0 Å². The van der Waals surface area contributed by atoms with Crippen LogP contribution in [-0.4, -0.2) is 37.5 Å². The Kier molecular flexibility index (Phi) is 4.23. The van der Waals surface area contributed by atoms with Gasteiger partial charge in [0.15, 0.2) is 11.5 Å². The maximum Gasteiger partial charge on any atom is 0.347 e. The van der Waals surface area contributed by atoms with Crippen molar-refractivity contribution in [2.45, 2.75) is 13.8 Å². The van der Waals surface area contributed by atoms with Crippen molar-refractivity contribution in [3.05, 3.63) is 40.5 Å². The van der Waals surface area contributed by atoms with E-state index in [-0.39, 0.29) is 28.0 Å². The molecule has 0 aliphatic carbocycles. The summed E-state index contributed by atoms with van der Waals surface area (Å²) >= 11 is 0. The Labute approximate surface area is 135 Å². The predicted octanol–water partition coefficient (Wildman–Crippen LogP) is 2.04. The maximum absolute atomic E-state index is 12.2. The molecule has 0 amide bonds. The normalized spacial score (nSPS) is 10.4. The first-order valence-corrected chi connectivity index (χ1v) is 6.67. The van der Waals surface area contributed by atoms with E-state index < -0.39 is 34.9 Å². The van der Waals surface area contributed by atoms with Crippen LogP contribution < -0.4 is 4.74 Å². The minimum atomic E-state index is -1.33. The Hall–Kier alpha value is -3.42. The Morgan fingerprint density at radius 1 is 0.833 bits per heavy atom. The molecule has 8 nitrogen and oxygen atoms in total. The van der Waals surface area contributed by atoms with Gasteiger partial charge in [0.05, 0.1) is 0 Å². The Balaban J connectivity index is 2.42. The van der Waals surface area contributed by atoms with Gasteiger partial charge in [-0.1, -0.05) is 0 Å². The summed E-state index contributed by atoms with van der Waals surface area (Å²) in [6.45, 7) is 2.82. The number of hydrogen-bond acceptors (Lipinski definition) is 7. The van der Waals surface area contributed by atoms with Crippen LogP contribution in [0, 0.1) is 13.8 Å². The highest BCUT2D eigenvalue weighted by molar-refractivity contribution is 5.97. The lowest BCUT2D eigenvalue weighted by atomic mass is 10.1. The van der Waals surface area contributed by atoms with Crippen molar-refractivity contribution in [1.29, 1.82) is 0 Å². The van der Waals surface area contributed by atoms with E-state index in [0.29, 0.717) is 0 Å². The zero-order valence-electron chi connectivity index (χ0n) is 12.7. The summed E-state index contributed by atoms with van der Waals surface area (Å²) in [5.41, 5.74) is -0.378. The van der Waals surface area contributed by atoms with Gasteiger partial charge in [-0.3, -0.25) is 0 Å². The van der Waals surface area contributed by atoms with Gasteiger partial charge in [0.2, 0.25) is 5.75 Å². The minimum absolute atomic E-state index is 0.147. The number of aryl methyl sites for hydroxylation is 2. The lowest BCUT2D eigenvalue weighted by Crippen LogP contribution is -2.11. The number of aromatic hydroxyl groups is 4. The van der Waals surface area contributed by atoms with Crippen molar-refractivity contribution in [1.82, 2.24) is 0 Å². The van der Waals surface area contributed by atoms with E-state index in [4.69, 9.17) is 9.84 Å². The second-order valence-electron chi connectivity index (χ2n) is 5.11. The number of esters is 1. The monoisotopic (exact) mass is 334 g/mol. The van der Waals surface area contributed by atoms with Gasteiger partial charge in [0, 0.05) is 6.07 Å². The molecule has 2 aromatic carbocycles. The fourth-order valence-electron chi connectivity index (χ4n) is 2.26. The fraction of sp³-hybridized carbons (Fsp3) is 0.125. The molecule has 0 fully saturated rings. The second-order valence-corrected chi connectivity index (χ2v) is 5.11. The Morgan fingerprint density at radius 2 is 1.42 bits per heavy atom. The topological polar surface area (TPSA) is 145 Å². The average molecular weight is 334 g/mol. The van der Waals surface area contributed by atoms with Crippen LogP contribution in [0.4, 0.5) is 0 Å². The highest BCUT2D eigenvalue weighted by Crippen LogP contribution is 2.40. The molecule has 2 rings (SSSR count). The van der Waals surface area contributed by atoms with Crippen molar-refractivity contribution in [2.24, 2.45) is 0 Å². The Morgan fingerprint density at radius 3 is 1.96 bits per heavy atom. The van der Waals surface area contributed by atoms with Gasteiger partial charge in [0.25, 0.3) is 0 Å². The van der Waals surface area contributed by atoms with Crippen LogP contribution in [0.3, 0.4) is 0 Å². The first kappa shape index (κ1) is 16.9. The van der Waals surface area contributed by atoms with Gasteiger partial charge >= 0.3 is 11.9 Å². The van der Waals surface area contributed by atoms with Crippen molar-refractivity contribution >= 4 is 11.9 Å².